The van der Waals surface area contributed by atoms with Gasteiger partial charge in [-0.1, -0.05) is 24.6 Å². The van der Waals surface area contributed by atoms with E-state index in [-0.39, 0.29) is 5.60 Å². The molecule has 0 radical (unpaired) electrons. The highest BCUT2D eigenvalue weighted by atomic mass is 16.5. The highest BCUT2D eigenvalue weighted by molar-refractivity contribution is 5.41. The molecule has 0 fully saturated rings. The first kappa shape index (κ1) is 12.4. The van der Waals surface area contributed by atoms with Crippen LogP contribution in [0.2, 0.25) is 0 Å². The minimum atomic E-state index is -0.0731. The van der Waals surface area contributed by atoms with Gasteiger partial charge in [-0.15, -0.1) is 0 Å². The predicted octanol–water partition coefficient (Wildman–Crippen LogP) is 3.55. The van der Waals surface area contributed by atoms with Crippen LogP contribution in [0.1, 0.15) is 44.4 Å². The molecular weight excluding hydrogens is 210 g/mol. The molecule has 2 rings (SSSR count). The summed E-state index contributed by atoms with van der Waals surface area (Å²) in [6.45, 7) is 9.76. The van der Waals surface area contributed by atoms with Crippen molar-refractivity contribution in [2.75, 3.05) is 13.6 Å². The van der Waals surface area contributed by atoms with Crippen molar-refractivity contribution in [3.63, 3.8) is 0 Å². The van der Waals surface area contributed by atoms with Gasteiger partial charge < -0.3 is 4.74 Å². The minimum absolute atomic E-state index is 0.0731. The van der Waals surface area contributed by atoms with E-state index in [9.17, 15) is 0 Å². The zero-order valence-electron chi connectivity index (χ0n) is 11.6. The molecule has 1 atom stereocenters. The molecule has 1 aromatic rings. The summed E-state index contributed by atoms with van der Waals surface area (Å²) in [5, 5.41) is 0. The number of aryl methyl sites for hydroxylation is 1. The zero-order valence-corrected chi connectivity index (χ0v) is 11.6. The lowest BCUT2D eigenvalue weighted by molar-refractivity contribution is 0.0386. The van der Waals surface area contributed by atoms with Gasteiger partial charge in [-0.2, -0.15) is 0 Å². The van der Waals surface area contributed by atoms with Gasteiger partial charge in [0.25, 0.3) is 0 Å². The number of rotatable bonds is 2. The van der Waals surface area contributed by atoms with Gasteiger partial charge in [-0.25, -0.2) is 0 Å². The molecule has 94 valence electrons. The molecule has 1 aliphatic rings. The Labute approximate surface area is 105 Å². The van der Waals surface area contributed by atoms with E-state index in [1.165, 1.54) is 11.1 Å². The number of benzene rings is 1. The van der Waals surface area contributed by atoms with Crippen LogP contribution in [0.15, 0.2) is 18.2 Å². The van der Waals surface area contributed by atoms with Gasteiger partial charge in [0.2, 0.25) is 0 Å². The smallest absolute Gasteiger partial charge is 0.124 e. The lowest BCUT2D eigenvalue weighted by Crippen LogP contribution is -2.40. The van der Waals surface area contributed by atoms with Crippen LogP contribution in [0, 0.1) is 6.92 Å². The lowest BCUT2D eigenvalue weighted by atomic mass is 9.88. The standard InChI is InChI=1S/C15H23NO/c1-6-16(5)13-10-15(3,4)17-14-8-7-11(2)9-12(13)14/h7-9,13H,6,10H2,1-5H3. The second kappa shape index (κ2) is 4.34. The fourth-order valence-electron chi connectivity index (χ4n) is 2.55. The molecule has 0 saturated carbocycles. The van der Waals surface area contributed by atoms with E-state index in [1.807, 2.05) is 0 Å². The Bertz CT molecular complexity index is 411. The Morgan fingerprint density at radius 3 is 2.76 bits per heavy atom. The lowest BCUT2D eigenvalue weighted by Gasteiger charge is -2.41. The first-order valence-corrected chi connectivity index (χ1v) is 6.43. The summed E-state index contributed by atoms with van der Waals surface area (Å²) in [6, 6.07) is 6.98. The van der Waals surface area contributed by atoms with Gasteiger partial charge in [-0.05, 0) is 40.4 Å². The molecule has 17 heavy (non-hydrogen) atoms. The molecule has 0 saturated heterocycles. The van der Waals surface area contributed by atoms with E-state index in [1.54, 1.807) is 0 Å². The Kier molecular flexibility index (Phi) is 3.17. The topological polar surface area (TPSA) is 12.5 Å². The Morgan fingerprint density at radius 2 is 2.12 bits per heavy atom. The van der Waals surface area contributed by atoms with Gasteiger partial charge in [0.1, 0.15) is 11.4 Å². The summed E-state index contributed by atoms with van der Waals surface area (Å²) in [4.78, 5) is 2.41. The van der Waals surface area contributed by atoms with Crippen LogP contribution in [-0.4, -0.2) is 24.1 Å². The quantitative estimate of drug-likeness (QED) is 0.774. The monoisotopic (exact) mass is 233 g/mol. The van der Waals surface area contributed by atoms with Crippen LogP contribution >= 0.6 is 0 Å². The molecule has 0 spiro atoms. The summed E-state index contributed by atoms with van der Waals surface area (Å²) < 4.78 is 6.07. The van der Waals surface area contributed by atoms with Crippen LogP contribution in [-0.2, 0) is 0 Å². The van der Waals surface area contributed by atoms with Crippen LogP contribution < -0.4 is 4.74 Å². The van der Waals surface area contributed by atoms with Crippen molar-refractivity contribution >= 4 is 0 Å². The average molecular weight is 233 g/mol. The molecule has 1 aromatic carbocycles. The van der Waals surface area contributed by atoms with Crippen molar-refractivity contribution in [1.29, 1.82) is 0 Å². The zero-order chi connectivity index (χ0) is 12.6. The van der Waals surface area contributed by atoms with E-state index in [0.29, 0.717) is 6.04 Å². The fraction of sp³-hybridized carbons (Fsp3) is 0.600. The molecule has 1 aliphatic heterocycles. The average Bonchev–Trinajstić information content (AvgIpc) is 2.27. The van der Waals surface area contributed by atoms with Crippen LogP contribution in [0.5, 0.6) is 5.75 Å². The Balaban J connectivity index is 2.44. The van der Waals surface area contributed by atoms with Gasteiger partial charge in [0.05, 0.1) is 0 Å². The minimum Gasteiger partial charge on any atom is -0.487 e. The summed E-state index contributed by atoms with van der Waals surface area (Å²) >= 11 is 0. The van der Waals surface area contributed by atoms with E-state index >= 15 is 0 Å². The molecule has 2 nitrogen and oxygen atoms in total. The second-order valence-electron chi connectivity index (χ2n) is 5.70. The number of fused-ring (bicyclic) bond motifs is 1. The van der Waals surface area contributed by atoms with Crippen LogP contribution in [0.25, 0.3) is 0 Å². The number of hydrogen-bond donors (Lipinski definition) is 0. The molecule has 0 amide bonds. The summed E-state index contributed by atoms with van der Waals surface area (Å²) in [5.74, 6) is 1.05. The Morgan fingerprint density at radius 1 is 1.41 bits per heavy atom. The molecule has 2 heteroatoms. The maximum Gasteiger partial charge on any atom is 0.124 e. The van der Waals surface area contributed by atoms with E-state index in [2.05, 4.69) is 57.8 Å². The van der Waals surface area contributed by atoms with Crippen molar-refractivity contribution in [3.8, 4) is 5.75 Å². The van der Waals surface area contributed by atoms with E-state index in [0.717, 1.165) is 18.7 Å². The SMILES string of the molecule is CCN(C)C1CC(C)(C)Oc2ccc(C)cc21. The summed E-state index contributed by atoms with van der Waals surface area (Å²) in [6.07, 6.45) is 1.05. The maximum atomic E-state index is 6.07. The third kappa shape index (κ3) is 2.47. The van der Waals surface area contributed by atoms with E-state index < -0.39 is 0 Å². The summed E-state index contributed by atoms with van der Waals surface area (Å²) in [5.41, 5.74) is 2.58. The highest BCUT2D eigenvalue weighted by Gasteiger charge is 2.35. The maximum absolute atomic E-state index is 6.07. The molecule has 0 aliphatic carbocycles. The second-order valence-corrected chi connectivity index (χ2v) is 5.70. The fourth-order valence-corrected chi connectivity index (χ4v) is 2.55. The predicted molar refractivity (Wildman–Crippen MR) is 71.5 cm³/mol. The first-order chi connectivity index (χ1) is 7.93. The van der Waals surface area contributed by atoms with E-state index in [4.69, 9.17) is 4.74 Å². The number of nitrogens with zero attached hydrogens (tertiary/aromatic N) is 1. The third-order valence-electron chi connectivity index (χ3n) is 3.63. The molecule has 0 N–H and O–H groups in total. The van der Waals surface area contributed by atoms with Crippen molar-refractivity contribution in [3.05, 3.63) is 29.3 Å². The summed E-state index contributed by atoms with van der Waals surface area (Å²) in [7, 11) is 2.19. The normalized spacial score (nSPS) is 22.1. The van der Waals surface area contributed by atoms with Gasteiger partial charge in [-0.3, -0.25) is 4.90 Å². The number of hydrogen-bond acceptors (Lipinski definition) is 2. The molecule has 0 bridgehead atoms. The van der Waals surface area contributed by atoms with Crippen molar-refractivity contribution < 1.29 is 4.74 Å². The molecular formula is C15H23NO. The highest BCUT2D eigenvalue weighted by Crippen LogP contribution is 2.42. The van der Waals surface area contributed by atoms with Crippen molar-refractivity contribution in [2.24, 2.45) is 0 Å². The van der Waals surface area contributed by atoms with Crippen LogP contribution in [0.3, 0.4) is 0 Å². The van der Waals surface area contributed by atoms with Gasteiger partial charge in [0.15, 0.2) is 0 Å². The molecule has 0 aromatic heterocycles. The van der Waals surface area contributed by atoms with Crippen LogP contribution in [0.4, 0.5) is 0 Å². The third-order valence-corrected chi connectivity index (χ3v) is 3.63. The van der Waals surface area contributed by atoms with Gasteiger partial charge >= 0.3 is 0 Å². The Hall–Kier alpha value is -1.02. The first-order valence-electron chi connectivity index (χ1n) is 6.43. The van der Waals surface area contributed by atoms with Crippen molar-refractivity contribution in [2.45, 2.75) is 45.8 Å². The van der Waals surface area contributed by atoms with Crippen molar-refractivity contribution in [1.82, 2.24) is 4.90 Å². The number of ether oxygens (including phenoxy) is 1. The largest absolute Gasteiger partial charge is 0.487 e. The molecule has 1 unspecified atom stereocenters. The molecule has 1 heterocycles. The van der Waals surface area contributed by atoms with Gasteiger partial charge in [0, 0.05) is 18.0 Å².